The number of nitrogens with two attached hydrogens (primary N) is 1. The SMILES string of the molecule is NC1(COCc2c(F)cccc2Cl)CCCC1. The molecule has 0 aromatic heterocycles. The number of ether oxygens (including phenoxy) is 1. The lowest BCUT2D eigenvalue weighted by Gasteiger charge is -2.23. The number of benzene rings is 1. The Morgan fingerprint density at radius 3 is 2.71 bits per heavy atom. The van der Waals surface area contributed by atoms with Crippen molar-refractivity contribution in [2.75, 3.05) is 6.61 Å². The van der Waals surface area contributed by atoms with Crippen LogP contribution in [0.2, 0.25) is 5.02 Å². The third-order valence-corrected chi connectivity index (χ3v) is 3.65. The van der Waals surface area contributed by atoms with E-state index in [1.165, 1.54) is 6.07 Å². The Labute approximate surface area is 106 Å². The molecular weight excluding hydrogens is 241 g/mol. The first kappa shape index (κ1) is 12.8. The van der Waals surface area contributed by atoms with Gasteiger partial charge in [-0.1, -0.05) is 30.5 Å². The Morgan fingerprint density at radius 1 is 1.35 bits per heavy atom. The molecule has 0 spiro atoms. The van der Waals surface area contributed by atoms with Gasteiger partial charge in [-0.15, -0.1) is 0 Å². The van der Waals surface area contributed by atoms with Gasteiger partial charge in [0.2, 0.25) is 0 Å². The van der Waals surface area contributed by atoms with Gasteiger partial charge in [-0.05, 0) is 25.0 Å². The molecule has 1 aromatic carbocycles. The number of rotatable bonds is 4. The summed E-state index contributed by atoms with van der Waals surface area (Å²) >= 11 is 5.91. The van der Waals surface area contributed by atoms with Gasteiger partial charge < -0.3 is 10.5 Å². The predicted octanol–water partition coefficient (Wildman–Crippen LogP) is 3.27. The number of halogens is 2. The largest absolute Gasteiger partial charge is 0.375 e. The minimum atomic E-state index is -0.324. The summed E-state index contributed by atoms with van der Waals surface area (Å²) in [5.41, 5.74) is 6.34. The molecule has 1 aliphatic carbocycles. The zero-order valence-corrected chi connectivity index (χ0v) is 10.5. The molecule has 1 aliphatic rings. The predicted molar refractivity (Wildman–Crippen MR) is 66.5 cm³/mol. The van der Waals surface area contributed by atoms with Crippen LogP contribution in [0.1, 0.15) is 31.2 Å². The molecule has 2 rings (SSSR count). The van der Waals surface area contributed by atoms with Gasteiger partial charge in [0.15, 0.2) is 0 Å². The van der Waals surface area contributed by atoms with Crippen LogP contribution in [0, 0.1) is 5.82 Å². The van der Waals surface area contributed by atoms with Crippen LogP contribution < -0.4 is 5.73 Å². The lowest BCUT2D eigenvalue weighted by Crippen LogP contribution is -2.41. The summed E-state index contributed by atoms with van der Waals surface area (Å²) in [6.07, 6.45) is 4.27. The molecule has 0 saturated heterocycles. The van der Waals surface area contributed by atoms with E-state index in [9.17, 15) is 4.39 Å². The summed E-state index contributed by atoms with van der Waals surface area (Å²) in [6, 6.07) is 4.64. The second kappa shape index (κ2) is 5.34. The first-order chi connectivity index (χ1) is 8.11. The van der Waals surface area contributed by atoms with E-state index in [4.69, 9.17) is 22.1 Å². The van der Waals surface area contributed by atoms with E-state index in [0.717, 1.165) is 25.7 Å². The van der Waals surface area contributed by atoms with Crippen molar-refractivity contribution < 1.29 is 9.13 Å². The molecule has 0 amide bonds. The van der Waals surface area contributed by atoms with Crippen LogP contribution >= 0.6 is 11.6 Å². The standard InChI is InChI=1S/C13H17ClFNO/c14-11-4-3-5-12(15)10(11)8-17-9-13(16)6-1-2-7-13/h3-5H,1-2,6-9,16H2. The highest BCUT2D eigenvalue weighted by Gasteiger charge is 2.29. The highest BCUT2D eigenvalue weighted by molar-refractivity contribution is 6.31. The van der Waals surface area contributed by atoms with Crippen molar-refractivity contribution in [3.8, 4) is 0 Å². The van der Waals surface area contributed by atoms with E-state index in [0.29, 0.717) is 17.2 Å². The number of hydrogen-bond acceptors (Lipinski definition) is 2. The molecule has 0 radical (unpaired) electrons. The Morgan fingerprint density at radius 2 is 2.06 bits per heavy atom. The van der Waals surface area contributed by atoms with Crippen molar-refractivity contribution in [1.82, 2.24) is 0 Å². The van der Waals surface area contributed by atoms with Crippen molar-refractivity contribution in [3.05, 3.63) is 34.6 Å². The van der Waals surface area contributed by atoms with Gasteiger partial charge in [0, 0.05) is 16.1 Å². The normalized spacial score (nSPS) is 18.5. The van der Waals surface area contributed by atoms with Crippen LogP contribution in [0.4, 0.5) is 4.39 Å². The smallest absolute Gasteiger partial charge is 0.130 e. The fraction of sp³-hybridized carbons (Fsp3) is 0.538. The van der Waals surface area contributed by atoms with E-state index in [-0.39, 0.29) is 18.0 Å². The zero-order chi connectivity index (χ0) is 12.3. The van der Waals surface area contributed by atoms with Gasteiger partial charge in [-0.25, -0.2) is 4.39 Å². The molecule has 1 aromatic rings. The topological polar surface area (TPSA) is 35.2 Å². The second-order valence-corrected chi connectivity index (χ2v) is 5.17. The van der Waals surface area contributed by atoms with Gasteiger partial charge in [0.1, 0.15) is 5.82 Å². The molecule has 2 N–H and O–H groups in total. The van der Waals surface area contributed by atoms with Gasteiger partial charge >= 0.3 is 0 Å². The Balaban J connectivity index is 1.90. The fourth-order valence-corrected chi connectivity index (χ4v) is 2.47. The maximum absolute atomic E-state index is 13.5. The molecule has 0 atom stereocenters. The van der Waals surface area contributed by atoms with Crippen molar-refractivity contribution in [1.29, 1.82) is 0 Å². The van der Waals surface area contributed by atoms with Crippen LogP contribution in [0.15, 0.2) is 18.2 Å². The first-order valence-corrected chi connectivity index (χ1v) is 6.28. The van der Waals surface area contributed by atoms with Gasteiger partial charge in [0.05, 0.1) is 13.2 Å². The van der Waals surface area contributed by atoms with E-state index in [2.05, 4.69) is 0 Å². The molecule has 0 aliphatic heterocycles. The Bertz CT molecular complexity index is 371. The second-order valence-electron chi connectivity index (χ2n) is 4.76. The molecule has 0 unspecified atom stereocenters. The maximum Gasteiger partial charge on any atom is 0.130 e. The van der Waals surface area contributed by atoms with E-state index >= 15 is 0 Å². The van der Waals surface area contributed by atoms with Crippen LogP contribution in [0.5, 0.6) is 0 Å². The molecule has 94 valence electrons. The molecule has 0 bridgehead atoms. The third-order valence-electron chi connectivity index (χ3n) is 3.30. The van der Waals surface area contributed by atoms with Crippen molar-refractivity contribution >= 4 is 11.6 Å². The quantitative estimate of drug-likeness (QED) is 0.899. The molecule has 1 saturated carbocycles. The van der Waals surface area contributed by atoms with E-state index < -0.39 is 0 Å². The summed E-state index contributed by atoms with van der Waals surface area (Å²) in [5.74, 6) is -0.324. The van der Waals surface area contributed by atoms with Crippen LogP contribution in [-0.2, 0) is 11.3 Å². The summed E-state index contributed by atoms with van der Waals surface area (Å²) < 4.78 is 19.0. The first-order valence-electron chi connectivity index (χ1n) is 5.90. The van der Waals surface area contributed by atoms with Gasteiger partial charge in [-0.2, -0.15) is 0 Å². The molecule has 1 fully saturated rings. The van der Waals surface area contributed by atoms with Crippen molar-refractivity contribution in [2.45, 2.75) is 37.8 Å². The molecule has 4 heteroatoms. The minimum absolute atomic E-state index is 0.185. The molecule has 0 heterocycles. The molecule has 17 heavy (non-hydrogen) atoms. The number of hydrogen-bond donors (Lipinski definition) is 1. The van der Waals surface area contributed by atoms with E-state index in [1.54, 1.807) is 12.1 Å². The summed E-state index contributed by atoms with van der Waals surface area (Å²) in [6.45, 7) is 0.655. The molecular formula is C13H17ClFNO. The van der Waals surface area contributed by atoms with Crippen LogP contribution in [-0.4, -0.2) is 12.1 Å². The van der Waals surface area contributed by atoms with Gasteiger partial charge in [0.25, 0.3) is 0 Å². The summed E-state index contributed by atoms with van der Waals surface area (Å²) in [4.78, 5) is 0. The third kappa shape index (κ3) is 3.18. The maximum atomic E-state index is 13.5. The highest BCUT2D eigenvalue weighted by Crippen LogP contribution is 2.28. The Kier molecular flexibility index (Phi) is 4.02. The average Bonchev–Trinajstić information content (AvgIpc) is 2.70. The van der Waals surface area contributed by atoms with Crippen LogP contribution in [0.25, 0.3) is 0 Å². The Hall–Kier alpha value is -0.640. The minimum Gasteiger partial charge on any atom is -0.375 e. The van der Waals surface area contributed by atoms with Gasteiger partial charge in [-0.3, -0.25) is 0 Å². The monoisotopic (exact) mass is 257 g/mol. The molecule has 2 nitrogen and oxygen atoms in total. The summed E-state index contributed by atoms with van der Waals surface area (Å²) in [5, 5.41) is 0.405. The zero-order valence-electron chi connectivity index (χ0n) is 9.72. The fourth-order valence-electron chi connectivity index (χ4n) is 2.25. The van der Waals surface area contributed by atoms with E-state index in [1.807, 2.05) is 0 Å². The lowest BCUT2D eigenvalue weighted by atomic mass is 10.0. The highest BCUT2D eigenvalue weighted by atomic mass is 35.5. The van der Waals surface area contributed by atoms with Crippen molar-refractivity contribution in [2.24, 2.45) is 5.73 Å². The van der Waals surface area contributed by atoms with Crippen molar-refractivity contribution in [3.63, 3.8) is 0 Å². The average molecular weight is 258 g/mol. The van der Waals surface area contributed by atoms with Crippen LogP contribution in [0.3, 0.4) is 0 Å². The summed E-state index contributed by atoms with van der Waals surface area (Å²) in [7, 11) is 0. The lowest BCUT2D eigenvalue weighted by molar-refractivity contribution is 0.0734.